The number of carbonyl (C=O) groups is 1. The zero-order valence-electron chi connectivity index (χ0n) is 21.6. The smallest absolute Gasteiger partial charge is 0.343 e. The van der Waals surface area contributed by atoms with Gasteiger partial charge in [0.05, 0.1) is 23.9 Å². The maximum atomic E-state index is 12.6. The first-order valence-corrected chi connectivity index (χ1v) is 13.2. The van der Waals surface area contributed by atoms with Crippen molar-refractivity contribution in [2.45, 2.75) is 26.1 Å². The van der Waals surface area contributed by atoms with E-state index in [9.17, 15) is 4.79 Å². The number of hydrogen-bond donors (Lipinski definition) is 1. The zero-order valence-corrected chi connectivity index (χ0v) is 22.3. The lowest BCUT2D eigenvalue weighted by Crippen LogP contribution is -2.43. The predicted molar refractivity (Wildman–Crippen MR) is 151 cm³/mol. The van der Waals surface area contributed by atoms with E-state index in [0.29, 0.717) is 22.9 Å². The van der Waals surface area contributed by atoms with Gasteiger partial charge in [0.25, 0.3) is 0 Å². The van der Waals surface area contributed by atoms with Gasteiger partial charge in [0.2, 0.25) is 0 Å². The highest BCUT2D eigenvalue weighted by Crippen LogP contribution is 2.46. The number of fused-ring (bicyclic) bond motifs is 3. The van der Waals surface area contributed by atoms with Crippen molar-refractivity contribution >= 4 is 23.3 Å². The number of hydrazine groups is 1. The Morgan fingerprint density at radius 3 is 2.38 bits per heavy atom. The second-order valence-electron chi connectivity index (χ2n) is 9.48. The van der Waals surface area contributed by atoms with Gasteiger partial charge in [-0.05, 0) is 92.2 Å². The fourth-order valence-electron chi connectivity index (χ4n) is 4.81. The third-order valence-corrected chi connectivity index (χ3v) is 7.03. The van der Waals surface area contributed by atoms with Crippen LogP contribution in [0.5, 0.6) is 17.2 Å². The summed E-state index contributed by atoms with van der Waals surface area (Å²) in [6.45, 7) is 4.57. The molecular formula is C32H27ClN2O4. The van der Waals surface area contributed by atoms with Gasteiger partial charge in [-0.2, -0.15) is 5.01 Å². The van der Waals surface area contributed by atoms with Gasteiger partial charge in [0.1, 0.15) is 17.2 Å². The SMILES string of the molecule is CCOc1ccc(C2=C[C@@H]3c4cc(Cl)ccc4O[C@H](c4ccc(OC(=O)c5ccc(C)cc5)cc4)N3N2)cc1. The number of nitrogens with zero attached hydrogens (tertiary/aromatic N) is 1. The molecule has 0 spiro atoms. The van der Waals surface area contributed by atoms with Crippen molar-refractivity contribution in [1.82, 2.24) is 10.4 Å². The van der Waals surface area contributed by atoms with Crippen LogP contribution in [0, 0.1) is 6.92 Å². The van der Waals surface area contributed by atoms with Crippen LogP contribution in [-0.4, -0.2) is 17.6 Å². The lowest BCUT2D eigenvalue weighted by atomic mass is 10.0. The van der Waals surface area contributed by atoms with E-state index >= 15 is 0 Å². The molecule has 2 atom stereocenters. The van der Waals surface area contributed by atoms with Crippen molar-refractivity contribution in [2.75, 3.05) is 6.61 Å². The highest BCUT2D eigenvalue weighted by atomic mass is 35.5. The predicted octanol–water partition coefficient (Wildman–Crippen LogP) is 7.26. The standard InChI is InChI=1S/C32H27ClN2O4/c1-3-37-25-13-8-21(9-14-25)28-19-29-27-18-24(33)12-17-30(27)39-31(35(29)34-28)22-10-15-26(16-11-22)38-32(36)23-6-4-20(2)5-7-23/h4-19,29,31,34H,3H2,1-2H3/t29-,31-/m1/s1. The van der Waals surface area contributed by atoms with E-state index in [1.165, 1.54) is 0 Å². The first kappa shape index (κ1) is 25.0. The van der Waals surface area contributed by atoms with Gasteiger partial charge >= 0.3 is 5.97 Å². The summed E-state index contributed by atoms with van der Waals surface area (Å²) in [7, 11) is 0. The second kappa shape index (κ2) is 10.5. The number of carbonyl (C=O) groups excluding carboxylic acids is 1. The van der Waals surface area contributed by atoms with Gasteiger partial charge in [-0.15, -0.1) is 0 Å². The summed E-state index contributed by atoms with van der Waals surface area (Å²) in [5.41, 5.74) is 9.02. The molecule has 0 aliphatic carbocycles. The average molecular weight is 539 g/mol. The van der Waals surface area contributed by atoms with E-state index in [2.05, 4.69) is 16.5 Å². The van der Waals surface area contributed by atoms with E-state index in [-0.39, 0.29) is 6.04 Å². The third-order valence-electron chi connectivity index (χ3n) is 6.79. The van der Waals surface area contributed by atoms with Gasteiger partial charge in [0.15, 0.2) is 6.23 Å². The van der Waals surface area contributed by atoms with Crippen molar-refractivity contribution in [2.24, 2.45) is 0 Å². The monoisotopic (exact) mass is 538 g/mol. The Bertz CT molecular complexity index is 1530. The van der Waals surface area contributed by atoms with Crippen LogP contribution < -0.4 is 19.6 Å². The minimum absolute atomic E-state index is 0.0990. The minimum atomic E-state index is -0.429. The molecule has 1 N–H and O–H groups in total. The van der Waals surface area contributed by atoms with Crippen LogP contribution >= 0.6 is 11.6 Å². The topological polar surface area (TPSA) is 60.0 Å². The number of hydrogen-bond acceptors (Lipinski definition) is 6. The van der Waals surface area contributed by atoms with Crippen LogP contribution in [0.3, 0.4) is 0 Å². The van der Waals surface area contributed by atoms with Gasteiger partial charge < -0.3 is 19.6 Å². The zero-order chi connectivity index (χ0) is 26.9. The van der Waals surface area contributed by atoms with Crippen LogP contribution in [0.25, 0.3) is 5.70 Å². The highest BCUT2D eigenvalue weighted by Gasteiger charge is 2.40. The summed E-state index contributed by atoms with van der Waals surface area (Å²) in [5, 5.41) is 2.72. The van der Waals surface area contributed by atoms with Gasteiger partial charge in [-0.1, -0.05) is 41.4 Å². The number of halogens is 1. The van der Waals surface area contributed by atoms with Gasteiger partial charge in [0, 0.05) is 16.1 Å². The average Bonchev–Trinajstić information content (AvgIpc) is 3.40. The first-order chi connectivity index (χ1) is 19.0. The Labute approximate surface area is 232 Å². The molecule has 4 aromatic carbocycles. The van der Waals surface area contributed by atoms with Crippen molar-refractivity contribution in [1.29, 1.82) is 0 Å². The number of rotatable bonds is 6. The Hall–Kier alpha value is -4.26. The molecule has 7 heteroatoms. The highest BCUT2D eigenvalue weighted by molar-refractivity contribution is 6.30. The van der Waals surface area contributed by atoms with Gasteiger partial charge in [-0.3, -0.25) is 0 Å². The number of nitrogens with one attached hydrogen (secondary N) is 1. The van der Waals surface area contributed by atoms with E-state index < -0.39 is 12.2 Å². The third kappa shape index (κ3) is 5.09. The summed E-state index contributed by atoms with van der Waals surface area (Å²) in [4.78, 5) is 12.6. The summed E-state index contributed by atoms with van der Waals surface area (Å²) >= 11 is 6.36. The summed E-state index contributed by atoms with van der Waals surface area (Å²) in [5.74, 6) is 1.67. The summed E-state index contributed by atoms with van der Waals surface area (Å²) in [6, 6.07) is 28.3. The molecule has 0 unspecified atom stereocenters. The lowest BCUT2D eigenvalue weighted by molar-refractivity contribution is -0.0326. The molecule has 39 heavy (non-hydrogen) atoms. The molecule has 6 rings (SSSR count). The van der Waals surface area contributed by atoms with E-state index in [1.54, 1.807) is 24.3 Å². The molecule has 2 heterocycles. The van der Waals surface area contributed by atoms with Crippen LogP contribution in [0.2, 0.25) is 5.02 Å². The molecule has 0 saturated heterocycles. The number of benzene rings is 4. The maximum Gasteiger partial charge on any atom is 0.343 e. The molecule has 0 aromatic heterocycles. The second-order valence-corrected chi connectivity index (χ2v) is 9.92. The fraction of sp³-hybridized carbons (Fsp3) is 0.156. The van der Waals surface area contributed by atoms with Crippen LogP contribution in [-0.2, 0) is 0 Å². The molecule has 0 fully saturated rings. The molecule has 0 radical (unpaired) electrons. The van der Waals surface area contributed by atoms with Crippen LogP contribution in [0.15, 0.2) is 97.1 Å². The van der Waals surface area contributed by atoms with Crippen LogP contribution in [0.1, 0.15) is 51.8 Å². The van der Waals surface area contributed by atoms with Crippen molar-refractivity contribution in [3.8, 4) is 17.2 Å². The quantitative estimate of drug-likeness (QED) is 0.206. The first-order valence-electron chi connectivity index (χ1n) is 12.8. The molecule has 0 saturated carbocycles. The molecule has 0 bridgehead atoms. The summed E-state index contributed by atoms with van der Waals surface area (Å²) in [6.07, 6.45) is 1.75. The molecule has 4 aromatic rings. The van der Waals surface area contributed by atoms with Crippen molar-refractivity contribution in [3.05, 3.63) is 130 Å². The minimum Gasteiger partial charge on any atom is -0.494 e. The number of ether oxygens (including phenoxy) is 3. The molecule has 0 amide bonds. The van der Waals surface area contributed by atoms with Crippen LogP contribution in [0.4, 0.5) is 0 Å². The number of aryl methyl sites for hydroxylation is 1. The fourth-order valence-corrected chi connectivity index (χ4v) is 4.99. The maximum absolute atomic E-state index is 12.6. The molecule has 6 nitrogen and oxygen atoms in total. The van der Waals surface area contributed by atoms with Gasteiger partial charge in [-0.25, -0.2) is 4.79 Å². The number of esters is 1. The van der Waals surface area contributed by atoms with E-state index in [4.69, 9.17) is 25.8 Å². The molecule has 2 aliphatic heterocycles. The Morgan fingerprint density at radius 2 is 1.67 bits per heavy atom. The molecule has 196 valence electrons. The molecular weight excluding hydrogens is 512 g/mol. The largest absolute Gasteiger partial charge is 0.494 e. The Morgan fingerprint density at radius 1 is 0.949 bits per heavy atom. The Kier molecular flexibility index (Phi) is 6.73. The molecule has 2 aliphatic rings. The lowest BCUT2D eigenvalue weighted by Gasteiger charge is -2.39. The Balaban J connectivity index is 1.26. The van der Waals surface area contributed by atoms with Crippen molar-refractivity contribution in [3.63, 3.8) is 0 Å². The normalized spacial score (nSPS) is 17.8. The summed E-state index contributed by atoms with van der Waals surface area (Å²) < 4.78 is 17.7. The van der Waals surface area contributed by atoms with E-state index in [0.717, 1.165) is 39.4 Å². The van der Waals surface area contributed by atoms with E-state index in [1.807, 2.05) is 80.6 Å². The van der Waals surface area contributed by atoms with Crippen molar-refractivity contribution < 1.29 is 19.0 Å².